The number of carbonyl (C=O) groups is 3. The lowest BCUT2D eigenvalue weighted by Crippen LogP contribution is -2.79. The summed E-state index contributed by atoms with van der Waals surface area (Å²) in [5.41, 5.74) is -2.13. The van der Waals surface area contributed by atoms with Gasteiger partial charge in [0.1, 0.15) is 5.66 Å². The molecular formula is C9H14N4O3. The van der Waals surface area contributed by atoms with Gasteiger partial charge in [0.2, 0.25) is 0 Å². The Hall–Kier alpha value is -1.79. The van der Waals surface area contributed by atoms with Gasteiger partial charge in [0, 0.05) is 0 Å². The van der Waals surface area contributed by atoms with Crippen molar-refractivity contribution in [3.05, 3.63) is 0 Å². The van der Waals surface area contributed by atoms with Gasteiger partial charge in [-0.15, -0.1) is 0 Å². The zero-order chi connectivity index (χ0) is 12.0. The van der Waals surface area contributed by atoms with E-state index in [1.54, 1.807) is 13.8 Å². The predicted octanol–water partition coefficient (Wildman–Crippen LogP) is -0.606. The lowest BCUT2D eigenvalue weighted by Gasteiger charge is -2.45. The SMILES string of the molecule is CCC12NC(=O)NC(=O)C1(CC)NC(=O)N2. The summed E-state index contributed by atoms with van der Waals surface area (Å²) in [5.74, 6) is -0.473. The van der Waals surface area contributed by atoms with Crippen LogP contribution in [0.3, 0.4) is 0 Å². The fourth-order valence-corrected chi connectivity index (χ4v) is 2.48. The molecule has 2 fully saturated rings. The van der Waals surface area contributed by atoms with Crippen molar-refractivity contribution in [2.75, 3.05) is 0 Å². The lowest BCUT2D eigenvalue weighted by atomic mass is 9.78. The van der Waals surface area contributed by atoms with Gasteiger partial charge in [-0.1, -0.05) is 13.8 Å². The van der Waals surface area contributed by atoms with Gasteiger partial charge in [0.15, 0.2) is 5.54 Å². The highest BCUT2D eigenvalue weighted by Gasteiger charge is 2.64. The molecule has 2 atom stereocenters. The maximum atomic E-state index is 11.9. The van der Waals surface area contributed by atoms with Crippen LogP contribution >= 0.6 is 0 Å². The second-order valence-corrected chi connectivity index (χ2v) is 4.01. The third kappa shape index (κ3) is 1.05. The smallest absolute Gasteiger partial charge is 0.320 e. The molecule has 2 saturated heterocycles. The fourth-order valence-electron chi connectivity index (χ4n) is 2.48. The van der Waals surface area contributed by atoms with E-state index in [0.29, 0.717) is 12.8 Å². The summed E-state index contributed by atoms with van der Waals surface area (Å²) in [6.45, 7) is 3.59. The maximum Gasteiger partial charge on any atom is 0.323 e. The fraction of sp³-hybridized carbons (Fsp3) is 0.667. The Morgan fingerprint density at radius 2 is 1.56 bits per heavy atom. The van der Waals surface area contributed by atoms with E-state index in [0.717, 1.165) is 0 Å². The Balaban J connectivity index is 2.52. The van der Waals surface area contributed by atoms with E-state index in [9.17, 15) is 14.4 Å². The molecule has 0 aromatic carbocycles. The minimum atomic E-state index is -1.10. The monoisotopic (exact) mass is 226 g/mol. The molecule has 0 aromatic rings. The first-order valence-electron chi connectivity index (χ1n) is 5.23. The predicted molar refractivity (Wildman–Crippen MR) is 54.4 cm³/mol. The van der Waals surface area contributed by atoms with E-state index in [-0.39, 0.29) is 0 Å². The first kappa shape index (κ1) is 10.7. The van der Waals surface area contributed by atoms with Crippen molar-refractivity contribution < 1.29 is 14.4 Å². The Morgan fingerprint density at radius 1 is 0.938 bits per heavy atom. The van der Waals surface area contributed by atoms with Crippen LogP contribution in [0.5, 0.6) is 0 Å². The van der Waals surface area contributed by atoms with Gasteiger partial charge >= 0.3 is 12.1 Å². The van der Waals surface area contributed by atoms with Crippen molar-refractivity contribution in [2.45, 2.75) is 37.9 Å². The van der Waals surface area contributed by atoms with Crippen molar-refractivity contribution in [2.24, 2.45) is 0 Å². The molecule has 5 amide bonds. The summed E-state index contributed by atoms with van der Waals surface area (Å²) >= 11 is 0. The minimum Gasteiger partial charge on any atom is -0.320 e. The molecule has 0 radical (unpaired) electrons. The number of fused-ring (bicyclic) bond motifs is 1. The molecule has 2 unspecified atom stereocenters. The topological polar surface area (TPSA) is 99.3 Å². The Morgan fingerprint density at radius 3 is 2.12 bits per heavy atom. The highest BCUT2D eigenvalue weighted by Crippen LogP contribution is 2.33. The van der Waals surface area contributed by atoms with Gasteiger partial charge in [-0.25, -0.2) is 9.59 Å². The molecule has 2 rings (SSSR count). The number of carbonyl (C=O) groups excluding carboxylic acids is 3. The molecule has 0 bridgehead atoms. The zero-order valence-corrected chi connectivity index (χ0v) is 9.14. The number of urea groups is 2. The van der Waals surface area contributed by atoms with Crippen LogP contribution in [0.15, 0.2) is 0 Å². The molecule has 2 aliphatic heterocycles. The molecular weight excluding hydrogens is 212 g/mol. The van der Waals surface area contributed by atoms with E-state index in [4.69, 9.17) is 0 Å². The van der Waals surface area contributed by atoms with Crippen LogP contribution in [0.4, 0.5) is 9.59 Å². The number of nitrogens with one attached hydrogen (secondary N) is 4. The number of rotatable bonds is 2. The van der Waals surface area contributed by atoms with Crippen LogP contribution < -0.4 is 21.3 Å². The Bertz CT molecular complexity index is 383. The van der Waals surface area contributed by atoms with Gasteiger partial charge in [-0.05, 0) is 12.8 Å². The summed E-state index contributed by atoms with van der Waals surface area (Å²) in [6.07, 6.45) is 0.824. The summed E-state index contributed by atoms with van der Waals surface area (Å²) in [6, 6.07) is -1.03. The highest BCUT2D eigenvalue weighted by molar-refractivity contribution is 6.07. The van der Waals surface area contributed by atoms with Crippen LogP contribution in [0.1, 0.15) is 26.7 Å². The standard InChI is InChI=1S/C9H14N4O3/c1-3-8-5(14)10-6(15)12-9(8,4-2)13-7(16)11-8/h3-4H2,1-2H3,(H2,11,13,16)(H2,10,12,14,15). The highest BCUT2D eigenvalue weighted by atomic mass is 16.2. The molecule has 4 N–H and O–H groups in total. The summed E-state index contributed by atoms with van der Waals surface area (Å²) in [5, 5.41) is 10.0. The van der Waals surface area contributed by atoms with Gasteiger partial charge in [0.25, 0.3) is 5.91 Å². The quantitative estimate of drug-likeness (QED) is 0.505. The Labute approximate surface area is 92.3 Å². The second kappa shape index (κ2) is 3.10. The van der Waals surface area contributed by atoms with Gasteiger partial charge in [-0.3, -0.25) is 10.1 Å². The number of imide groups is 1. The molecule has 7 nitrogen and oxygen atoms in total. The van der Waals surface area contributed by atoms with Crippen LogP contribution in [-0.2, 0) is 4.79 Å². The number of amides is 5. The molecule has 7 heteroatoms. The van der Waals surface area contributed by atoms with Gasteiger partial charge in [0.05, 0.1) is 0 Å². The van der Waals surface area contributed by atoms with Crippen molar-refractivity contribution in [1.82, 2.24) is 21.3 Å². The largest absolute Gasteiger partial charge is 0.323 e. The summed E-state index contributed by atoms with van der Waals surface area (Å²) in [7, 11) is 0. The number of hydrogen-bond acceptors (Lipinski definition) is 3. The Kier molecular flexibility index (Phi) is 2.08. The molecule has 2 aliphatic rings. The first-order chi connectivity index (χ1) is 7.49. The third-order valence-electron chi connectivity index (χ3n) is 3.38. The van der Waals surface area contributed by atoms with Crippen LogP contribution in [0.2, 0.25) is 0 Å². The number of hydrogen-bond donors (Lipinski definition) is 4. The first-order valence-corrected chi connectivity index (χ1v) is 5.23. The lowest BCUT2D eigenvalue weighted by molar-refractivity contribution is -0.130. The van der Waals surface area contributed by atoms with Gasteiger partial charge in [-0.2, -0.15) is 0 Å². The van der Waals surface area contributed by atoms with Crippen molar-refractivity contribution in [1.29, 1.82) is 0 Å². The molecule has 16 heavy (non-hydrogen) atoms. The zero-order valence-electron chi connectivity index (χ0n) is 9.14. The van der Waals surface area contributed by atoms with Crippen molar-refractivity contribution in [3.8, 4) is 0 Å². The molecule has 88 valence electrons. The van der Waals surface area contributed by atoms with Crippen molar-refractivity contribution in [3.63, 3.8) is 0 Å². The molecule has 0 aliphatic carbocycles. The van der Waals surface area contributed by atoms with E-state index in [1.807, 2.05) is 0 Å². The average Bonchev–Trinajstić information content (AvgIpc) is 2.52. The van der Waals surface area contributed by atoms with Crippen LogP contribution in [-0.4, -0.2) is 29.2 Å². The molecule has 0 aromatic heterocycles. The minimum absolute atomic E-state index is 0.395. The summed E-state index contributed by atoms with van der Waals surface area (Å²) < 4.78 is 0. The van der Waals surface area contributed by atoms with Crippen molar-refractivity contribution >= 4 is 18.0 Å². The molecule has 0 spiro atoms. The normalized spacial score (nSPS) is 37.0. The third-order valence-corrected chi connectivity index (χ3v) is 3.38. The van der Waals surface area contributed by atoms with Gasteiger partial charge < -0.3 is 16.0 Å². The van der Waals surface area contributed by atoms with Crippen LogP contribution in [0.25, 0.3) is 0 Å². The second-order valence-electron chi connectivity index (χ2n) is 4.01. The maximum absolute atomic E-state index is 11.9. The van der Waals surface area contributed by atoms with E-state index in [2.05, 4.69) is 21.3 Å². The molecule has 0 saturated carbocycles. The molecule has 2 heterocycles. The van der Waals surface area contributed by atoms with E-state index in [1.165, 1.54) is 0 Å². The summed E-state index contributed by atoms with van der Waals surface area (Å²) in [4.78, 5) is 34.7. The van der Waals surface area contributed by atoms with E-state index < -0.39 is 29.2 Å². The average molecular weight is 226 g/mol. The van der Waals surface area contributed by atoms with E-state index >= 15 is 0 Å². The van der Waals surface area contributed by atoms with Crippen LogP contribution in [0, 0.1) is 0 Å².